The highest BCUT2D eigenvalue weighted by Gasteiger charge is 2.43. The number of cyclic esters (lactones) is 1. The Hall–Kier alpha value is -3.61. The molecule has 0 aromatic heterocycles. The maximum atomic E-state index is 12.9. The summed E-state index contributed by atoms with van der Waals surface area (Å²) in [5, 5.41) is 5.67. The Kier molecular flexibility index (Phi) is 5.03. The number of hydrogen-bond acceptors (Lipinski definition) is 4. The van der Waals surface area contributed by atoms with Crippen LogP contribution in [0.3, 0.4) is 0 Å². The first-order valence-corrected chi connectivity index (χ1v) is 9.75. The lowest BCUT2D eigenvalue weighted by Gasteiger charge is -2.33. The third kappa shape index (κ3) is 3.66. The number of carbonyl (C=O) groups is 3. The molecule has 0 fully saturated rings. The van der Waals surface area contributed by atoms with E-state index in [1.54, 1.807) is 6.07 Å². The summed E-state index contributed by atoms with van der Waals surface area (Å²) >= 11 is 0. The van der Waals surface area contributed by atoms with Crippen molar-refractivity contribution in [3.63, 3.8) is 0 Å². The molecule has 0 unspecified atom stereocenters. The van der Waals surface area contributed by atoms with Gasteiger partial charge in [0.25, 0.3) is 0 Å². The molecule has 0 radical (unpaired) electrons. The van der Waals surface area contributed by atoms with Gasteiger partial charge in [0.1, 0.15) is 13.2 Å². The number of hydrogen-bond donors (Lipinski definition) is 2. The van der Waals surface area contributed by atoms with Gasteiger partial charge in [0, 0.05) is 5.69 Å². The van der Waals surface area contributed by atoms with Crippen LogP contribution >= 0.6 is 0 Å². The monoisotopic (exact) mass is 405 g/mol. The first-order valence-electron chi connectivity index (χ1n) is 9.75. The minimum atomic E-state index is -0.599. The summed E-state index contributed by atoms with van der Waals surface area (Å²) in [6, 6.07) is 12.3. The van der Waals surface area contributed by atoms with Gasteiger partial charge < -0.3 is 15.4 Å². The van der Waals surface area contributed by atoms with Crippen molar-refractivity contribution in [2.24, 2.45) is 0 Å². The molecule has 2 N–H and O–H groups in total. The molecular weight excluding hydrogens is 382 g/mol. The van der Waals surface area contributed by atoms with Crippen molar-refractivity contribution in [3.8, 4) is 0 Å². The van der Waals surface area contributed by atoms with Gasteiger partial charge in [-0.3, -0.25) is 9.69 Å². The number of anilines is 1. The largest absolute Gasteiger partial charge is 0.456 e. The molecule has 154 valence electrons. The second kappa shape index (κ2) is 7.67. The summed E-state index contributed by atoms with van der Waals surface area (Å²) in [7, 11) is 0. The molecule has 2 aromatic carbocycles. The number of nitrogens with zero attached hydrogens (tertiary/aromatic N) is 1. The highest BCUT2D eigenvalue weighted by atomic mass is 16.5. The Morgan fingerprint density at radius 2 is 1.90 bits per heavy atom. The van der Waals surface area contributed by atoms with E-state index >= 15 is 0 Å². The molecule has 1 atom stereocenters. The number of ether oxygens (including phenoxy) is 1. The average molecular weight is 405 g/mol. The number of aryl methyl sites for hydroxylation is 3. The third-order valence-electron chi connectivity index (χ3n) is 5.35. The van der Waals surface area contributed by atoms with Crippen molar-refractivity contribution in [1.82, 2.24) is 10.2 Å². The van der Waals surface area contributed by atoms with Crippen LogP contribution in [0, 0.1) is 20.8 Å². The first-order chi connectivity index (χ1) is 14.3. The lowest BCUT2D eigenvalue weighted by molar-refractivity contribution is -0.136. The van der Waals surface area contributed by atoms with Crippen LogP contribution in [0.15, 0.2) is 53.7 Å². The van der Waals surface area contributed by atoms with Crippen molar-refractivity contribution < 1.29 is 19.1 Å². The van der Waals surface area contributed by atoms with Crippen LogP contribution < -0.4 is 10.6 Å². The Balaban J connectivity index is 1.63. The topological polar surface area (TPSA) is 87.7 Å². The SMILES string of the molecule is Cc1cccc(NC(=O)CN2C(=O)N[C@H](c3cc(C)ccc3C)C3=C2COC3=O)c1. The van der Waals surface area contributed by atoms with E-state index in [0.717, 1.165) is 22.3 Å². The first kappa shape index (κ1) is 19.7. The zero-order valence-corrected chi connectivity index (χ0v) is 17.1. The molecule has 0 aliphatic carbocycles. The van der Waals surface area contributed by atoms with Gasteiger partial charge in [-0.2, -0.15) is 0 Å². The fourth-order valence-corrected chi connectivity index (χ4v) is 3.85. The minimum Gasteiger partial charge on any atom is -0.456 e. The molecule has 3 amide bonds. The van der Waals surface area contributed by atoms with Crippen LogP contribution in [-0.4, -0.2) is 36.0 Å². The summed E-state index contributed by atoms with van der Waals surface area (Å²) in [4.78, 5) is 39.3. The van der Waals surface area contributed by atoms with E-state index in [2.05, 4.69) is 10.6 Å². The lowest BCUT2D eigenvalue weighted by atomic mass is 9.91. The predicted molar refractivity (Wildman–Crippen MR) is 112 cm³/mol. The Morgan fingerprint density at radius 1 is 1.13 bits per heavy atom. The molecule has 2 aliphatic rings. The zero-order chi connectivity index (χ0) is 21.4. The maximum Gasteiger partial charge on any atom is 0.338 e. The van der Waals surface area contributed by atoms with Crippen molar-refractivity contribution in [3.05, 3.63) is 76.0 Å². The van der Waals surface area contributed by atoms with Crippen LogP contribution in [0.5, 0.6) is 0 Å². The summed E-state index contributed by atoms with van der Waals surface area (Å²) < 4.78 is 5.24. The predicted octanol–water partition coefficient (Wildman–Crippen LogP) is 3.13. The van der Waals surface area contributed by atoms with Gasteiger partial charge in [0.2, 0.25) is 5.91 Å². The summed E-state index contributed by atoms with van der Waals surface area (Å²) in [5.74, 6) is -0.827. The van der Waals surface area contributed by atoms with Crippen molar-refractivity contribution in [2.45, 2.75) is 26.8 Å². The zero-order valence-electron chi connectivity index (χ0n) is 17.1. The summed E-state index contributed by atoms with van der Waals surface area (Å²) in [6.07, 6.45) is 0. The summed E-state index contributed by atoms with van der Waals surface area (Å²) in [6.45, 7) is 5.58. The van der Waals surface area contributed by atoms with Gasteiger partial charge in [-0.1, -0.05) is 35.9 Å². The molecule has 7 heteroatoms. The highest BCUT2D eigenvalue weighted by Crippen LogP contribution is 2.36. The second-order valence-corrected chi connectivity index (χ2v) is 7.68. The van der Waals surface area contributed by atoms with E-state index < -0.39 is 18.0 Å². The number of nitrogens with one attached hydrogen (secondary N) is 2. The fraction of sp³-hybridized carbons (Fsp3) is 0.261. The van der Waals surface area contributed by atoms with Crippen LogP contribution in [0.4, 0.5) is 10.5 Å². The molecule has 2 aliphatic heterocycles. The van der Waals surface area contributed by atoms with E-state index in [9.17, 15) is 14.4 Å². The van der Waals surface area contributed by atoms with Gasteiger partial charge in [0.05, 0.1) is 17.3 Å². The third-order valence-corrected chi connectivity index (χ3v) is 5.35. The van der Waals surface area contributed by atoms with Crippen molar-refractivity contribution >= 4 is 23.6 Å². The van der Waals surface area contributed by atoms with Crippen LogP contribution in [0.1, 0.15) is 28.3 Å². The van der Waals surface area contributed by atoms with Crippen LogP contribution in [-0.2, 0) is 14.3 Å². The molecule has 7 nitrogen and oxygen atoms in total. The van der Waals surface area contributed by atoms with E-state index in [1.165, 1.54) is 4.90 Å². The van der Waals surface area contributed by atoms with E-state index in [-0.39, 0.29) is 19.1 Å². The standard InChI is InChI=1S/C23H23N3O4/c1-13-5-4-6-16(9-13)24-19(27)11-26-18-12-30-22(28)20(18)21(25-23(26)29)17-10-14(2)7-8-15(17)3/h4-10,21H,11-12H2,1-3H3,(H,24,27)(H,25,29)/t21-/m1/s1. The van der Waals surface area contributed by atoms with E-state index in [0.29, 0.717) is 17.0 Å². The molecule has 0 saturated heterocycles. The van der Waals surface area contributed by atoms with Crippen molar-refractivity contribution in [1.29, 1.82) is 0 Å². The van der Waals surface area contributed by atoms with E-state index in [4.69, 9.17) is 4.74 Å². The van der Waals surface area contributed by atoms with Gasteiger partial charge in [-0.05, 0) is 49.6 Å². The fourth-order valence-electron chi connectivity index (χ4n) is 3.85. The van der Waals surface area contributed by atoms with Gasteiger partial charge in [0.15, 0.2) is 0 Å². The van der Waals surface area contributed by atoms with Gasteiger partial charge >= 0.3 is 12.0 Å². The number of carbonyl (C=O) groups excluding carboxylic acids is 3. The van der Waals surface area contributed by atoms with Crippen LogP contribution in [0.25, 0.3) is 0 Å². The number of esters is 1. The molecule has 0 saturated carbocycles. The lowest BCUT2D eigenvalue weighted by Crippen LogP contribution is -2.49. The summed E-state index contributed by atoms with van der Waals surface area (Å²) in [5.41, 5.74) is 5.32. The van der Waals surface area contributed by atoms with Gasteiger partial charge in [-0.15, -0.1) is 0 Å². The minimum absolute atomic E-state index is 0.0271. The molecule has 2 aromatic rings. The van der Waals surface area contributed by atoms with E-state index in [1.807, 2.05) is 57.2 Å². The number of rotatable bonds is 4. The average Bonchev–Trinajstić information content (AvgIpc) is 3.07. The molecule has 0 bridgehead atoms. The number of urea groups is 1. The molecule has 0 spiro atoms. The molecule has 4 rings (SSSR count). The normalized spacial score (nSPS) is 18.1. The highest BCUT2D eigenvalue weighted by molar-refractivity contribution is 6.00. The molecule has 30 heavy (non-hydrogen) atoms. The smallest absolute Gasteiger partial charge is 0.338 e. The number of amides is 3. The van der Waals surface area contributed by atoms with Gasteiger partial charge in [-0.25, -0.2) is 9.59 Å². The number of benzene rings is 2. The van der Waals surface area contributed by atoms with Crippen molar-refractivity contribution in [2.75, 3.05) is 18.5 Å². The van der Waals surface area contributed by atoms with Crippen LogP contribution in [0.2, 0.25) is 0 Å². The second-order valence-electron chi connectivity index (χ2n) is 7.68. The molecular formula is C23H23N3O4. The Bertz CT molecular complexity index is 1090. The Morgan fingerprint density at radius 3 is 2.67 bits per heavy atom. The maximum absolute atomic E-state index is 12.9. The Labute approximate surface area is 174 Å². The quantitative estimate of drug-likeness (QED) is 0.765. The molecule has 2 heterocycles.